The van der Waals surface area contributed by atoms with Gasteiger partial charge in [0.2, 0.25) is 0 Å². The number of hydrogen-bond donors (Lipinski definition) is 0. The molecule has 0 N–H and O–H groups in total. The van der Waals surface area contributed by atoms with Gasteiger partial charge in [-0.25, -0.2) is 8.42 Å². The topological polar surface area (TPSA) is 46.5 Å². The minimum absolute atomic E-state index is 0.160. The molecule has 0 bridgehead atoms. The van der Waals surface area contributed by atoms with Crippen LogP contribution < -0.4 is 0 Å². The third-order valence-electron chi connectivity index (χ3n) is 2.88. The fraction of sp³-hybridized carbons (Fsp3) is 0.417. The van der Waals surface area contributed by atoms with Crippen molar-refractivity contribution in [2.24, 2.45) is 4.99 Å². The van der Waals surface area contributed by atoms with E-state index >= 15 is 0 Å². The van der Waals surface area contributed by atoms with Crippen LogP contribution in [0.25, 0.3) is 0 Å². The SMILES string of the molecule is C[C@@]1(N=Cc2ccc(Br)cc2)CCS(=O)(=O)C1. The Bertz CT molecular complexity index is 536. The lowest BCUT2D eigenvalue weighted by molar-refractivity contribution is 0.536. The average molecular weight is 316 g/mol. The summed E-state index contributed by atoms with van der Waals surface area (Å²) in [4.78, 5) is 4.43. The number of sulfone groups is 1. The highest BCUT2D eigenvalue weighted by Gasteiger charge is 2.37. The zero-order valence-electron chi connectivity index (χ0n) is 9.56. The quantitative estimate of drug-likeness (QED) is 0.787. The fourth-order valence-corrected chi connectivity index (χ4v) is 4.20. The molecule has 1 fully saturated rings. The molecule has 0 amide bonds. The summed E-state index contributed by atoms with van der Waals surface area (Å²) in [6.07, 6.45) is 2.37. The first-order valence-corrected chi connectivity index (χ1v) is 8.01. The van der Waals surface area contributed by atoms with Crippen molar-refractivity contribution in [2.45, 2.75) is 18.9 Å². The molecule has 1 aromatic rings. The van der Waals surface area contributed by atoms with Gasteiger partial charge in [-0.2, -0.15) is 0 Å². The Morgan fingerprint density at radius 2 is 2.00 bits per heavy atom. The Balaban J connectivity index is 2.14. The lowest BCUT2D eigenvalue weighted by Gasteiger charge is -2.15. The molecule has 1 aliphatic heterocycles. The van der Waals surface area contributed by atoms with Crippen molar-refractivity contribution >= 4 is 32.0 Å². The van der Waals surface area contributed by atoms with E-state index in [2.05, 4.69) is 20.9 Å². The number of nitrogens with zero attached hydrogens (tertiary/aromatic N) is 1. The number of aliphatic imine (C=N–C) groups is 1. The summed E-state index contributed by atoms with van der Waals surface area (Å²) >= 11 is 3.36. The molecule has 1 aromatic carbocycles. The van der Waals surface area contributed by atoms with E-state index in [1.165, 1.54) is 0 Å². The first-order chi connectivity index (χ1) is 7.89. The van der Waals surface area contributed by atoms with Crippen LogP contribution in [0.1, 0.15) is 18.9 Å². The number of hydrogen-bond acceptors (Lipinski definition) is 3. The molecule has 0 spiro atoms. The van der Waals surface area contributed by atoms with Gasteiger partial charge in [-0.05, 0) is 31.0 Å². The molecule has 0 radical (unpaired) electrons. The van der Waals surface area contributed by atoms with Crippen LogP contribution in [0.3, 0.4) is 0 Å². The maximum absolute atomic E-state index is 11.4. The standard InChI is InChI=1S/C12H14BrNO2S/c1-12(6-7-17(15,16)9-12)14-8-10-2-4-11(13)5-3-10/h2-5,8H,6-7,9H2,1H3/t12-/m1/s1. The third kappa shape index (κ3) is 3.39. The molecule has 0 unspecified atom stereocenters. The van der Waals surface area contributed by atoms with Gasteiger partial charge >= 0.3 is 0 Å². The molecule has 1 saturated heterocycles. The predicted octanol–water partition coefficient (Wildman–Crippen LogP) is 2.45. The van der Waals surface area contributed by atoms with Crippen LogP contribution in [-0.2, 0) is 9.84 Å². The van der Waals surface area contributed by atoms with Gasteiger partial charge in [0.05, 0.1) is 17.0 Å². The normalized spacial score (nSPS) is 27.6. The van der Waals surface area contributed by atoms with Gasteiger partial charge in [0.15, 0.2) is 9.84 Å². The van der Waals surface area contributed by atoms with E-state index < -0.39 is 15.4 Å². The van der Waals surface area contributed by atoms with Gasteiger partial charge in [0.1, 0.15) is 0 Å². The summed E-state index contributed by atoms with van der Waals surface area (Å²) in [7, 11) is -2.89. The van der Waals surface area contributed by atoms with Crippen LogP contribution in [0.5, 0.6) is 0 Å². The molecular weight excluding hydrogens is 302 g/mol. The second-order valence-corrected chi connectivity index (χ2v) is 7.75. The van der Waals surface area contributed by atoms with Crippen molar-refractivity contribution in [2.75, 3.05) is 11.5 Å². The Morgan fingerprint density at radius 3 is 2.53 bits per heavy atom. The van der Waals surface area contributed by atoms with Crippen LogP contribution in [0, 0.1) is 0 Å². The molecule has 1 heterocycles. The van der Waals surface area contributed by atoms with Gasteiger partial charge < -0.3 is 0 Å². The van der Waals surface area contributed by atoms with E-state index in [0.717, 1.165) is 10.0 Å². The fourth-order valence-electron chi connectivity index (χ4n) is 1.87. The van der Waals surface area contributed by atoms with Crippen LogP contribution in [0.2, 0.25) is 0 Å². The first-order valence-electron chi connectivity index (χ1n) is 5.40. The molecule has 2 rings (SSSR count). The summed E-state index contributed by atoms with van der Waals surface area (Å²) in [6.45, 7) is 1.90. The van der Waals surface area contributed by atoms with Crippen molar-refractivity contribution in [3.05, 3.63) is 34.3 Å². The molecule has 92 valence electrons. The summed E-state index contributed by atoms with van der Waals surface area (Å²) in [5.41, 5.74) is 0.532. The highest BCUT2D eigenvalue weighted by atomic mass is 79.9. The van der Waals surface area contributed by atoms with Gasteiger partial charge in [-0.15, -0.1) is 0 Å². The van der Waals surface area contributed by atoms with E-state index in [9.17, 15) is 8.42 Å². The summed E-state index contributed by atoms with van der Waals surface area (Å²) in [5, 5.41) is 0. The first kappa shape index (κ1) is 12.8. The van der Waals surface area contributed by atoms with Crippen molar-refractivity contribution in [1.82, 2.24) is 0 Å². The van der Waals surface area contributed by atoms with Gasteiger partial charge in [-0.1, -0.05) is 28.1 Å². The Morgan fingerprint density at radius 1 is 1.35 bits per heavy atom. The molecule has 1 atom stereocenters. The van der Waals surface area contributed by atoms with E-state index in [4.69, 9.17) is 0 Å². The van der Waals surface area contributed by atoms with E-state index in [1.807, 2.05) is 31.2 Å². The number of rotatable bonds is 2. The Kier molecular flexibility index (Phi) is 3.41. The number of halogens is 1. The molecule has 0 saturated carbocycles. The summed E-state index contributed by atoms with van der Waals surface area (Å²) < 4.78 is 23.9. The second kappa shape index (κ2) is 4.53. The van der Waals surface area contributed by atoms with Gasteiger partial charge in [0, 0.05) is 10.7 Å². The number of benzene rings is 1. The van der Waals surface area contributed by atoms with Crippen molar-refractivity contribution < 1.29 is 8.42 Å². The molecule has 0 aromatic heterocycles. The van der Waals surface area contributed by atoms with Crippen molar-refractivity contribution in [1.29, 1.82) is 0 Å². The maximum Gasteiger partial charge on any atom is 0.152 e. The van der Waals surface area contributed by atoms with Crippen molar-refractivity contribution in [3.8, 4) is 0 Å². The highest BCUT2D eigenvalue weighted by Crippen LogP contribution is 2.26. The molecule has 3 nitrogen and oxygen atoms in total. The lowest BCUT2D eigenvalue weighted by Crippen LogP contribution is -2.23. The monoisotopic (exact) mass is 315 g/mol. The third-order valence-corrected chi connectivity index (χ3v) is 5.29. The molecule has 5 heteroatoms. The van der Waals surface area contributed by atoms with Crippen LogP contribution in [0.4, 0.5) is 0 Å². The minimum Gasteiger partial charge on any atom is -0.285 e. The Hall–Kier alpha value is -0.680. The van der Waals surface area contributed by atoms with Gasteiger partial charge in [0.25, 0.3) is 0 Å². The molecule has 17 heavy (non-hydrogen) atoms. The van der Waals surface area contributed by atoms with E-state index in [-0.39, 0.29) is 11.5 Å². The largest absolute Gasteiger partial charge is 0.285 e. The van der Waals surface area contributed by atoms with E-state index in [0.29, 0.717) is 6.42 Å². The van der Waals surface area contributed by atoms with Crippen LogP contribution in [-0.4, -0.2) is 31.7 Å². The van der Waals surface area contributed by atoms with Crippen LogP contribution in [0.15, 0.2) is 33.7 Å². The van der Waals surface area contributed by atoms with Crippen molar-refractivity contribution in [3.63, 3.8) is 0 Å². The molecule has 0 aliphatic carbocycles. The van der Waals surface area contributed by atoms with E-state index in [1.54, 1.807) is 6.21 Å². The molecule has 1 aliphatic rings. The lowest BCUT2D eigenvalue weighted by atomic mass is 10.0. The minimum atomic E-state index is -2.89. The molecular formula is C12H14BrNO2S. The average Bonchev–Trinajstić information content (AvgIpc) is 2.53. The summed E-state index contributed by atoms with van der Waals surface area (Å²) in [6, 6.07) is 7.77. The second-order valence-electron chi connectivity index (χ2n) is 4.65. The zero-order valence-corrected chi connectivity index (χ0v) is 12.0. The smallest absolute Gasteiger partial charge is 0.152 e. The van der Waals surface area contributed by atoms with Gasteiger partial charge in [-0.3, -0.25) is 4.99 Å². The zero-order chi connectivity index (χ0) is 12.5. The van der Waals surface area contributed by atoms with Crippen LogP contribution >= 0.6 is 15.9 Å². The Labute approximate surface area is 110 Å². The maximum atomic E-state index is 11.4. The summed E-state index contributed by atoms with van der Waals surface area (Å²) in [5.74, 6) is 0.411. The highest BCUT2D eigenvalue weighted by molar-refractivity contribution is 9.10. The predicted molar refractivity (Wildman–Crippen MR) is 73.4 cm³/mol.